The Kier molecular flexibility index (Phi) is 5.10. The molecule has 0 aromatic carbocycles. The molecule has 0 saturated carbocycles. The Labute approximate surface area is 92.9 Å². The number of nitrogens with zero attached hydrogens (tertiary/aromatic N) is 2. The van der Waals surface area contributed by atoms with Gasteiger partial charge in [0, 0.05) is 47.8 Å². The standard InChI is InChI=1S/C10H17N3OS/c1-3-5-11-10-12-6-7-13(10)8-9-15(14)4-2/h3,6-7H,1,4-5,8-9H2,2H3,(H,11,12). The van der Waals surface area contributed by atoms with Gasteiger partial charge in [0.25, 0.3) is 0 Å². The van der Waals surface area contributed by atoms with Crippen molar-refractivity contribution >= 4 is 16.7 Å². The topological polar surface area (TPSA) is 46.9 Å². The van der Waals surface area contributed by atoms with E-state index in [4.69, 9.17) is 0 Å². The first kappa shape index (κ1) is 12.0. The van der Waals surface area contributed by atoms with E-state index in [-0.39, 0.29) is 0 Å². The molecule has 1 heterocycles. The minimum absolute atomic E-state index is 0.676. The minimum atomic E-state index is -0.722. The van der Waals surface area contributed by atoms with Crippen LogP contribution >= 0.6 is 0 Å². The van der Waals surface area contributed by atoms with Gasteiger partial charge in [-0.15, -0.1) is 6.58 Å². The van der Waals surface area contributed by atoms with E-state index in [9.17, 15) is 4.21 Å². The van der Waals surface area contributed by atoms with Gasteiger partial charge in [-0.2, -0.15) is 0 Å². The number of aryl methyl sites for hydroxylation is 1. The Balaban J connectivity index is 2.49. The van der Waals surface area contributed by atoms with Gasteiger partial charge in [0.1, 0.15) is 0 Å². The molecule has 4 nitrogen and oxygen atoms in total. The van der Waals surface area contributed by atoms with Gasteiger partial charge < -0.3 is 9.88 Å². The third-order valence-electron chi connectivity index (χ3n) is 2.00. The van der Waals surface area contributed by atoms with Crippen LogP contribution in [0.15, 0.2) is 25.0 Å². The van der Waals surface area contributed by atoms with Gasteiger partial charge in [-0.3, -0.25) is 4.21 Å². The molecule has 0 spiro atoms. The molecule has 84 valence electrons. The van der Waals surface area contributed by atoms with E-state index in [1.807, 2.05) is 17.7 Å². The molecular weight excluding hydrogens is 210 g/mol. The molecule has 0 aliphatic rings. The van der Waals surface area contributed by atoms with E-state index < -0.39 is 10.8 Å². The van der Waals surface area contributed by atoms with E-state index in [1.54, 1.807) is 12.3 Å². The van der Waals surface area contributed by atoms with Crippen molar-refractivity contribution in [3.05, 3.63) is 25.0 Å². The summed E-state index contributed by atoms with van der Waals surface area (Å²) < 4.78 is 13.2. The number of hydrogen-bond donors (Lipinski definition) is 1. The number of nitrogens with one attached hydrogen (secondary N) is 1. The summed E-state index contributed by atoms with van der Waals surface area (Å²) in [6, 6.07) is 0. The molecule has 15 heavy (non-hydrogen) atoms. The zero-order valence-electron chi connectivity index (χ0n) is 8.98. The first-order valence-electron chi connectivity index (χ1n) is 4.98. The molecule has 0 bridgehead atoms. The van der Waals surface area contributed by atoms with Crippen molar-refractivity contribution in [1.29, 1.82) is 0 Å². The van der Waals surface area contributed by atoms with E-state index in [0.717, 1.165) is 12.5 Å². The molecule has 0 aliphatic heterocycles. The fraction of sp³-hybridized carbons (Fsp3) is 0.500. The summed E-state index contributed by atoms with van der Waals surface area (Å²) >= 11 is 0. The molecule has 1 N–H and O–H groups in total. The van der Waals surface area contributed by atoms with E-state index in [1.165, 1.54) is 0 Å². The normalized spacial score (nSPS) is 12.3. The molecular formula is C10H17N3OS. The average Bonchev–Trinajstić information content (AvgIpc) is 2.70. The molecule has 1 rings (SSSR count). The van der Waals surface area contributed by atoms with Crippen LogP contribution in [-0.2, 0) is 17.3 Å². The number of aromatic nitrogens is 2. The Bertz CT molecular complexity index is 335. The first-order valence-corrected chi connectivity index (χ1v) is 6.47. The van der Waals surface area contributed by atoms with E-state index >= 15 is 0 Å². The molecule has 1 atom stereocenters. The van der Waals surface area contributed by atoms with Gasteiger partial charge >= 0.3 is 0 Å². The predicted molar refractivity (Wildman–Crippen MR) is 64.5 cm³/mol. The maximum absolute atomic E-state index is 11.3. The maximum Gasteiger partial charge on any atom is 0.203 e. The Hall–Kier alpha value is -1.10. The highest BCUT2D eigenvalue weighted by Gasteiger charge is 2.02. The molecule has 1 unspecified atom stereocenters. The quantitative estimate of drug-likeness (QED) is 0.713. The van der Waals surface area contributed by atoms with Gasteiger partial charge in [-0.25, -0.2) is 4.98 Å². The lowest BCUT2D eigenvalue weighted by molar-refractivity contribution is 0.675. The van der Waals surface area contributed by atoms with Crippen molar-refractivity contribution in [2.24, 2.45) is 0 Å². The van der Waals surface area contributed by atoms with Crippen LogP contribution in [0.3, 0.4) is 0 Å². The molecule has 0 saturated heterocycles. The second kappa shape index (κ2) is 6.40. The molecule has 1 aromatic rings. The highest BCUT2D eigenvalue weighted by Crippen LogP contribution is 2.03. The van der Waals surface area contributed by atoms with Crippen LogP contribution in [0.2, 0.25) is 0 Å². The van der Waals surface area contributed by atoms with Crippen LogP contribution in [0.4, 0.5) is 5.95 Å². The van der Waals surface area contributed by atoms with Crippen LogP contribution in [-0.4, -0.2) is 31.8 Å². The summed E-state index contributed by atoms with van der Waals surface area (Å²) in [6.07, 6.45) is 5.40. The highest BCUT2D eigenvalue weighted by atomic mass is 32.2. The summed E-state index contributed by atoms with van der Waals surface area (Å²) in [5.41, 5.74) is 0. The van der Waals surface area contributed by atoms with Gasteiger partial charge in [0.15, 0.2) is 0 Å². The number of anilines is 1. The summed E-state index contributed by atoms with van der Waals surface area (Å²) in [6.45, 7) is 6.98. The minimum Gasteiger partial charge on any atom is -0.352 e. The fourth-order valence-corrected chi connectivity index (χ4v) is 1.85. The van der Waals surface area contributed by atoms with Crippen LogP contribution < -0.4 is 5.32 Å². The first-order chi connectivity index (χ1) is 7.27. The van der Waals surface area contributed by atoms with Crippen molar-refractivity contribution in [3.8, 4) is 0 Å². The van der Waals surface area contributed by atoms with Crippen molar-refractivity contribution in [2.75, 3.05) is 23.4 Å². The smallest absolute Gasteiger partial charge is 0.203 e. The molecule has 0 radical (unpaired) electrons. The van der Waals surface area contributed by atoms with Crippen molar-refractivity contribution in [3.63, 3.8) is 0 Å². The molecule has 0 aliphatic carbocycles. The van der Waals surface area contributed by atoms with Gasteiger partial charge in [-0.1, -0.05) is 13.0 Å². The van der Waals surface area contributed by atoms with Crippen LogP contribution in [0.1, 0.15) is 6.92 Å². The van der Waals surface area contributed by atoms with Gasteiger partial charge in [0.2, 0.25) is 5.95 Å². The molecule has 0 amide bonds. The number of rotatable bonds is 7. The third kappa shape index (κ3) is 3.87. The summed E-state index contributed by atoms with van der Waals surface area (Å²) in [7, 11) is -0.722. The summed E-state index contributed by atoms with van der Waals surface area (Å²) in [4.78, 5) is 4.16. The van der Waals surface area contributed by atoms with Crippen molar-refractivity contribution < 1.29 is 4.21 Å². The lowest BCUT2D eigenvalue weighted by atomic mass is 10.6. The number of hydrogen-bond acceptors (Lipinski definition) is 3. The zero-order valence-corrected chi connectivity index (χ0v) is 9.80. The lowest BCUT2D eigenvalue weighted by Crippen LogP contribution is -2.12. The molecule has 5 heteroatoms. The molecule has 1 aromatic heterocycles. The Morgan fingerprint density at radius 3 is 3.20 bits per heavy atom. The third-order valence-corrected chi connectivity index (χ3v) is 3.28. The second-order valence-electron chi connectivity index (χ2n) is 3.05. The lowest BCUT2D eigenvalue weighted by Gasteiger charge is -2.07. The van der Waals surface area contributed by atoms with E-state index in [0.29, 0.717) is 18.1 Å². The molecule has 0 fully saturated rings. The Morgan fingerprint density at radius 2 is 2.53 bits per heavy atom. The van der Waals surface area contributed by atoms with Crippen LogP contribution in [0.5, 0.6) is 0 Å². The van der Waals surface area contributed by atoms with Crippen molar-refractivity contribution in [2.45, 2.75) is 13.5 Å². The predicted octanol–water partition coefficient (Wildman–Crippen LogP) is 1.25. The summed E-state index contributed by atoms with van der Waals surface area (Å²) in [5, 5.41) is 3.12. The summed E-state index contributed by atoms with van der Waals surface area (Å²) in [5.74, 6) is 2.20. The van der Waals surface area contributed by atoms with E-state index in [2.05, 4.69) is 16.9 Å². The van der Waals surface area contributed by atoms with Gasteiger partial charge in [0.05, 0.1) is 0 Å². The second-order valence-corrected chi connectivity index (χ2v) is 4.91. The maximum atomic E-state index is 11.3. The number of imidazole rings is 1. The van der Waals surface area contributed by atoms with Gasteiger partial charge in [-0.05, 0) is 0 Å². The SMILES string of the molecule is C=CCNc1nccn1CCS(=O)CC. The van der Waals surface area contributed by atoms with Crippen molar-refractivity contribution in [1.82, 2.24) is 9.55 Å². The zero-order chi connectivity index (χ0) is 11.1. The van der Waals surface area contributed by atoms with Crippen LogP contribution in [0.25, 0.3) is 0 Å². The Morgan fingerprint density at radius 1 is 1.73 bits per heavy atom. The highest BCUT2D eigenvalue weighted by molar-refractivity contribution is 7.84. The monoisotopic (exact) mass is 227 g/mol. The van der Waals surface area contributed by atoms with Crippen LogP contribution in [0, 0.1) is 0 Å². The largest absolute Gasteiger partial charge is 0.352 e. The fourth-order valence-electron chi connectivity index (χ4n) is 1.16. The average molecular weight is 227 g/mol.